The third-order valence-electron chi connectivity index (χ3n) is 5.27. The maximum Gasteiger partial charge on any atom is 0.352 e. The average Bonchev–Trinajstić information content (AvgIpc) is 3.29. The second kappa shape index (κ2) is 9.27. The molecule has 9 heteroatoms. The largest absolute Gasteiger partial charge is 0.376 e. The molecular weight excluding hydrogens is 415 g/mol. The molecule has 3 aromatic rings. The van der Waals surface area contributed by atoms with Crippen LogP contribution in [0.5, 0.6) is 0 Å². The lowest BCUT2D eigenvalue weighted by Gasteiger charge is -2.14. The molecule has 2 heterocycles. The summed E-state index contributed by atoms with van der Waals surface area (Å²) in [7, 11) is 0. The van der Waals surface area contributed by atoms with Crippen LogP contribution in [0, 0.1) is 12.7 Å². The summed E-state index contributed by atoms with van der Waals surface area (Å²) in [6.45, 7) is 2.53. The van der Waals surface area contributed by atoms with Gasteiger partial charge in [-0.1, -0.05) is 24.3 Å². The number of nitrogens with zero attached hydrogens (tertiary/aromatic N) is 3. The van der Waals surface area contributed by atoms with Gasteiger partial charge < -0.3 is 10.1 Å². The van der Waals surface area contributed by atoms with E-state index in [1.54, 1.807) is 24.3 Å². The van der Waals surface area contributed by atoms with Crippen LogP contribution < -0.4 is 16.6 Å². The highest BCUT2D eigenvalue weighted by Gasteiger charge is 2.22. The quantitative estimate of drug-likeness (QED) is 0.633. The highest BCUT2D eigenvalue weighted by atomic mass is 19.1. The zero-order valence-corrected chi connectivity index (χ0v) is 17.6. The van der Waals surface area contributed by atoms with Crippen LogP contribution in [-0.2, 0) is 11.3 Å². The first kappa shape index (κ1) is 21.6. The summed E-state index contributed by atoms with van der Waals surface area (Å²) in [6, 6.07) is 12.6. The minimum absolute atomic E-state index is 0.115. The molecule has 166 valence electrons. The molecule has 8 nitrogen and oxygen atoms in total. The zero-order chi connectivity index (χ0) is 22.7. The van der Waals surface area contributed by atoms with Crippen LogP contribution in [0.3, 0.4) is 0 Å². The van der Waals surface area contributed by atoms with E-state index >= 15 is 0 Å². The Morgan fingerprint density at radius 3 is 2.75 bits per heavy atom. The number of rotatable bonds is 6. The van der Waals surface area contributed by atoms with Gasteiger partial charge in [-0.25, -0.2) is 9.18 Å². The molecule has 1 N–H and O–H groups in total. The summed E-state index contributed by atoms with van der Waals surface area (Å²) in [4.78, 5) is 39.0. The lowest BCUT2D eigenvalue weighted by atomic mass is 10.2. The third-order valence-corrected chi connectivity index (χ3v) is 5.27. The molecule has 32 heavy (non-hydrogen) atoms. The smallest absolute Gasteiger partial charge is 0.352 e. The van der Waals surface area contributed by atoms with Crippen molar-refractivity contribution in [3.05, 3.63) is 92.0 Å². The number of halogens is 1. The Morgan fingerprint density at radius 1 is 1.22 bits per heavy atom. The van der Waals surface area contributed by atoms with Crippen LogP contribution in [0.4, 0.5) is 4.39 Å². The van der Waals surface area contributed by atoms with Gasteiger partial charge in [0.1, 0.15) is 5.82 Å². The van der Waals surface area contributed by atoms with Crippen molar-refractivity contribution >= 4 is 5.91 Å². The van der Waals surface area contributed by atoms with Gasteiger partial charge in [0.2, 0.25) is 5.69 Å². The number of hydrogen-bond acceptors (Lipinski definition) is 5. The number of aryl methyl sites for hydroxylation is 1. The SMILES string of the molecule is Cc1cccc(-n2nc(C(=O)NCC3CCCO3)c(=O)n(Cc3cccc(F)c3)c2=O)c1. The van der Waals surface area contributed by atoms with Gasteiger partial charge in [0.25, 0.3) is 11.5 Å². The topological polar surface area (TPSA) is 95.2 Å². The van der Waals surface area contributed by atoms with Crippen molar-refractivity contribution in [1.29, 1.82) is 0 Å². The standard InChI is InChI=1S/C23H23FN4O4/c1-15-5-2-8-18(11-15)28-23(31)27(14-16-6-3-7-17(24)12-16)22(30)20(26-28)21(29)25-13-19-9-4-10-32-19/h2-3,5-8,11-12,19H,4,9-10,13-14H2,1H3,(H,25,29). The lowest BCUT2D eigenvalue weighted by Crippen LogP contribution is -2.46. The fourth-order valence-electron chi connectivity index (χ4n) is 3.64. The molecule has 1 amide bonds. The number of carbonyl (C=O) groups is 1. The first-order chi connectivity index (χ1) is 15.4. The number of ether oxygens (including phenoxy) is 1. The van der Waals surface area contributed by atoms with E-state index in [9.17, 15) is 18.8 Å². The van der Waals surface area contributed by atoms with Crippen LogP contribution in [0.2, 0.25) is 0 Å². The molecule has 1 aliphatic rings. The van der Waals surface area contributed by atoms with Crippen molar-refractivity contribution in [3.8, 4) is 5.69 Å². The monoisotopic (exact) mass is 438 g/mol. The van der Waals surface area contributed by atoms with Crippen molar-refractivity contribution in [2.24, 2.45) is 0 Å². The van der Waals surface area contributed by atoms with Crippen molar-refractivity contribution in [2.45, 2.75) is 32.4 Å². The minimum atomic E-state index is -0.840. The highest BCUT2D eigenvalue weighted by Crippen LogP contribution is 2.11. The van der Waals surface area contributed by atoms with E-state index < -0.39 is 28.7 Å². The second-order valence-electron chi connectivity index (χ2n) is 7.75. The van der Waals surface area contributed by atoms with Crippen molar-refractivity contribution in [1.82, 2.24) is 19.7 Å². The number of carbonyl (C=O) groups excluding carboxylic acids is 1. The van der Waals surface area contributed by atoms with Crippen LogP contribution in [-0.4, -0.2) is 39.5 Å². The number of hydrogen-bond donors (Lipinski definition) is 1. The van der Waals surface area contributed by atoms with Gasteiger partial charge in [-0.2, -0.15) is 9.78 Å². The van der Waals surface area contributed by atoms with Gasteiger partial charge in [0.15, 0.2) is 0 Å². The molecule has 1 unspecified atom stereocenters. The Morgan fingerprint density at radius 2 is 2.03 bits per heavy atom. The molecule has 0 aliphatic carbocycles. The summed E-state index contributed by atoms with van der Waals surface area (Å²) in [6.07, 6.45) is 1.62. The molecule has 4 rings (SSSR count). The van der Waals surface area contributed by atoms with E-state index in [-0.39, 0.29) is 19.2 Å². The number of aromatic nitrogens is 3. The van der Waals surface area contributed by atoms with E-state index in [0.29, 0.717) is 17.9 Å². The summed E-state index contributed by atoms with van der Waals surface area (Å²) >= 11 is 0. The molecule has 0 spiro atoms. The lowest BCUT2D eigenvalue weighted by molar-refractivity contribution is 0.0849. The van der Waals surface area contributed by atoms with E-state index in [4.69, 9.17) is 4.74 Å². The zero-order valence-electron chi connectivity index (χ0n) is 17.6. The fourth-order valence-corrected chi connectivity index (χ4v) is 3.64. The first-order valence-electron chi connectivity index (χ1n) is 10.4. The Kier molecular flexibility index (Phi) is 6.27. The Hall–Kier alpha value is -3.59. The molecular formula is C23H23FN4O4. The Balaban J connectivity index is 1.77. The van der Waals surface area contributed by atoms with Crippen LogP contribution >= 0.6 is 0 Å². The maximum atomic E-state index is 13.7. The fraction of sp³-hybridized carbons (Fsp3) is 0.304. The summed E-state index contributed by atoms with van der Waals surface area (Å²) < 4.78 is 21.1. The normalized spacial score (nSPS) is 15.6. The van der Waals surface area contributed by atoms with Gasteiger partial charge in [0.05, 0.1) is 18.3 Å². The molecule has 1 aliphatic heterocycles. The van der Waals surface area contributed by atoms with Crippen molar-refractivity contribution in [3.63, 3.8) is 0 Å². The summed E-state index contributed by atoms with van der Waals surface area (Å²) in [5.74, 6) is -1.18. The van der Waals surface area contributed by atoms with Gasteiger partial charge in [-0.05, 0) is 55.2 Å². The third kappa shape index (κ3) is 4.67. The van der Waals surface area contributed by atoms with Crippen molar-refractivity contribution < 1.29 is 13.9 Å². The molecule has 1 saturated heterocycles. The maximum absolute atomic E-state index is 13.7. The van der Waals surface area contributed by atoms with Crippen LogP contribution in [0.25, 0.3) is 5.69 Å². The molecule has 0 bridgehead atoms. The first-order valence-corrected chi connectivity index (χ1v) is 10.4. The van der Waals surface area contributed by atoms with E-state index in [2.05, 4.69) is 10.4 Å². The van der Waals surface area contributed by atoms with E-state index in [1.165, 1.54) is 18.2 Å². The highest BCUT2D eigenvalue weighted by molar-refractivity contribution is 5.91. The number of benzene rings is 2. The number of nitrogens with one attached hydrogen (secondary N) is 1. The van der Waals surface area contributed by atoms with Gasteiger partial charge in [-0.3, -0.25) is 14.2 Å². The van der Waals surface area contributed by atoms with Crippen LogP contribution in [0.1, 0.15) is 34.5 Å². The van der Waals surface area contributed by atoms with Gasteiger partial charge in [-0.15, -0.1) is 0 Å². The molecule has 2 aromatic carbocycles. The van der Waals surface area contributed by atoms with Gasteiger partial charge in [0, 0.05) is 13.2 Å². The molecule has 0 saturated carbocycles. The minimum Gasteiger partial charge on any atom is -0.376 e. The number of amides is 1. The Bertz CT molecular complexity index is 1260. The predicted molar refractivity (Wildman–Crippen MR) is 116 cm³/mol. The summed E-state index contributed by atoms with van der Waals surface area (Å²) in [5.41, 5.74) is -0.273. The van der Waals surface area contributed by atoms with E-state index in [1.807, 2.05) is 13.0 Å². The second-order valence-corrected chi connectivity index (χ2v) is 7.75. The molecule has 0 radical (unpaired) electrons. The van der Waals surface area contributed by atoms with E-state index in [0.717, 1.165) is 27.7 Å². The summed E-state index contributed by atoms with van der Waals surface area (Å²) in [5, 5.41) is 6.77. The molecule has 1 aromatic heterocycles. The van der Waals surface area contributed by atoms with Crippen LogP contribution in [0.15, 0.2) is 58.1 Å². The predicted octanol–water partition coefficient (Wildman–Crippen LogP) is 1.80. The van der Waals surface area contributed by atoms with Gasteiger partial charge >= 0.3 is 5.69 Å². The Labute approximate surface area is 183 Å². The molecule has 1 fully saturated rings. The van der Waals surface area contributed by atoms with Crippen molar-refractivity contribution in [2.75, 3.05) is 13.2 Å². The molecule has 1 atom stereocenters. The average molecular weight is 438 g/mol.